The fourth-order valence-corrected chi connectivity index (χ4v) is 3.42. The maximum atomic E-state index is 12.9. The van der Waals surface area contributed by atoms with E-state index in [2.05, 4.69) is 0 Å². The number of benzene rings is 3. The van der Waals surface area contributed by atoms with E-state index in [9.17, 15) is 17.9 Å². The normalized spacial score (nSPS) is 11.7. The van der Waals surface area contributed by atoms with E-state index >= 15 is 0 Å². The lowest BCUT2D eigenvalue weighted by Gasteiger charge is -2.06. The fourth-order valence-electron chi connectivity index (χ4n) is 2.13. The molecule has 0 heterocycles. The summed E-state index contributed by atoms with van der Waals surface area (Å²) in [4.78, 5) is 0.175. The smallest absolute Gasteiger partial charge is 0.206 e. The minimum absolute atomic E-state index is 0.0435. The number of fused-ring (bicyclic) bond motifs is 1. The van der Waals surface area contributed by atoms with Crippen molar-refractivity contribution in [1.29, 1.82) is 0 Å². The Labute approximate surface area is 121 Å². The molecule has 106 valence electrons. The minimum atomic E-state index is -3.69. The highest BCUT2D eigenvalue weighted by atomic mass is 32.2. The third kappa shape index (κ3) is 2.48. The van der Waals surface area contributed by atoms with Gasteiger partial charge in [0.2, 0.25) is 9.84 Å². The molecule has 0 fully saturated rings. The third-order valence-electron chi connectivity index (χ3n) is 3.23. The van der Waals surface area contributed by atoms with Crippen LogP contribution in [0.1, 0.15) is 0 Å². The monoisotopic (exact) mass is 302 g/mol. The largest absolute Gasteiger partial charge is 0.508 e. The zero-order chi connectivity index (χ0) is 15.0. The molecule has 0 unspecified atom stereocenters. The Morgan fingerprint density at radius 3 is 2.05 bits per heavy atom. The van der Waals surface area contributed by atoms with E-state index in [0.29, 0.717) is 5.39 Å². The molecule has 0 aliphatic rings. The van der Waals surface area contributed by atoms with E-state index in [-0.39, 0.29) is 15.5 Å². The Hall–Kier alpha value is -2.40. The highest BCUT2D eigenvalue weighted by Gasteiger charge is 2.17. The van der Waals surface area contributed by atoms with Gasteiger partial charge in [-0.05, 0) is 59.3 Å². The second-order valence-electron chi connectivity index (χ2n) is 4.65. The van der Waals surface area contributed by atoms with E-state index < -0.39 is 15.7 Å². The molecule has 0 bridgehead atoms. The molecule has 3 rings (SSSR count). The second kappa shape index (κ2) is 4.86. The van der Waals surface area contributed by atoms with Crippen LogP contribution in [-0.2, 0) is 9.84 Å². The number of phenols is 1. The number of hydrogen-bond acceptors (Lipinski definition) is 3. The van der Waals surface area contributed by atoms with Crippen LogP contribution in [0.15, 0.2) is 70.5 Å². The Morgan fingerprint density at radius 2 is 1.33 bits per heavy atom. The van der Waals surface area contributed by atoms with Gasteiger partial charge in [0, 0.05) is 0 Å². The first-order valence-corrected chi connectivity index (χ1v) is 7.68. The van der Waals surface area contributed by atoms with Crippen LogP contribution in [0.5, 0.6) is 5.75 Å². The minimum Gasteiger partial charge on any atom is -0.508 e. The lowest BCUT2D eigenvalue weighted by Crippen LogP contribution is -2.01. The molecule has 0 amide bonds. The van der Waals surface area contributed by atoms with E-state index in [4.69, 9.17) is 0 Å². The molecule has 1 N–H and O–H groups in total. The lowest BCUT2D eigenvalue weighted by molar-refractivity contribution is 0.476. The quantitative estimate of drug-likeness (QED) is 0.737. The molecule has 0 saturated carbocycles. The van der Waals surface area contributed by atoms with Crippen LogP contribution in [0.25, 0.3) is 10.8 Å². The van der Waals surface area contributed by atoms with Gasteiger partial charge in [0.05, 0.1) is 9.79 Å². The van der Waals surface area contributed by atoms with Crippen LogP contribution in [0.3, 0.4) is 0 Å². The summed E-state index contributed by atoms with van der Waals surface area (Å²) in [6.45, 7) is 0. The number of hydrogen-bond donors (Lipinski definition) is 1. The molecule has 21 heavy (non-hydrogen) atoms. The van der Waals surface area contributed by atoms with Crippen LogP contribution in [0, 0.1) is 5.82 Å². The van der Waals surface area contributed by atoms with Gasteiger partial charge in [-0.2, -0.15) is 0 Å². The summed E-state index contributed by atoms with van der Waals surface area (Å²) >= 11 is 0. The van der Waals surface area contributed by atoms with Crippen LogP contribution in [0.4, 0.5) is 4.39 Å². The molecule has 0 aromatic heterocycles. The van der Waals surface area contributed by atoms with Crippen molar-refractivity contribution in [2.45, 2.75) is 9.79 Å². The maximum absolute atomic E-state index is 12.9. The van der Waals surface area contributed by atoms with Crippen LogP contribution in [-0.4, -0.2) is 13.5 Å². The van der Waals surface area contributed by atoms with Crippen molar-refractivity contribution in [2.24, 2.45) is 0 Å². The topological polar surface area (TPSA) is 54.4 Å². The van der Waals surface area contributed by atoms with Crippen molar-refractivity contribution in [3.05, 3.63) is 66.5 Å². The first kappa shape index (κ1) is 13.6. The zero-order valence-corrected chi connectivity index (χ0v) is 11.6. The third-order valence-corrected chi connectivity index (χ3v) is 5.00. The number of aromatic hydroxyl groups is 1. The Balaban J connectivity index is 2.14. The summed E-state index contributed by atoms with van der Waals surface area (Å²) < 4.78 is 37.9. The SMILES string of the molecule is O=S(=O)(c1ccc(F)cc1)c1ccc2cc(O)ccc2c1. The van der Waals surface area contributed by atoms with Gasteiger partial charge in [-0.1, -0.05) is 12.1 Å². The number of halogens is 1. The van der Waals surface area contributed by atoms with Crippen molar-refractivity contribution in [3.63, 3.8) is 0 Å². The van der Waals surface area contributed by atoms with Gasteiger partial charge in [0.25, 0.3) is 0 Å². The summed E-state index contributed by atoms with van der Waals surface area (Å²) in [7, 11) is -3.69. The van der Waals surface area contributed by atoms with Crippen LogP contribution in [0.2, 0.25) is 0 Å². The number of sulfone groups is 1. The van der Waals surface area contributed by atoms with Crippen molar-refractivity contribution < 1.29 is 17.9 Å². The lowest BCUT2D eigenvalue weighted by atomic mass is 10.1. The van der Waals surface area contributed by atoms with Crippen molar-refractivity contribution in [3.8, 4) is 5.75 Å². The molecule has 0 aliphatic carbocycles. The van der Waals surface area contributed by atoms with Crippen LogP contribution < -0.4 is 0 Å². The summed E-state index contributed by atoms with van der Waals surface area (Å²) in [6, 6.07) is 14.1. The second-order valence-corrected chi connectivity index (χ2v) is 6.60. The molecule has 3 aromatic rings. The summed E-state index contributed by atoms with van der Waals surface area (Å²) in [6.07, 6.45) is 0. The predicted octanol–water partition coefficient (Wildman–Crippen LogP) is 3.52. The molecule has 0 spiro atoms. The molecule has 0 atom stereocenters. The Morgan fingerprint density at radius 1 is 0.762 bits per heavy atom. The Kier molecular flexibility index (Phi) is 3.14. The highest BCUT2D eigenvalue weighted by molar-refractivity contribution is 7.91. The molecule has 3 nitrogen and oxygen atoms in total. The number of phenolic OH excluding ortho intramolecular Hbond substituents is 1. The van der Waals surface area contributed by atoms with Crippen molar-refractivity contribution in [2.75, 3.05) is 0 Å². The molecule has 0 radical (unpaired) electrons. The molecule has 5 heteroatoms. The Bertz CT molecular complexity index is 916. The van der Waals surface area contributed by atoms with E-state index in [1.807, 2.05) is 0 Å². The van der Waals surface area contributed by atoms with E-state index in [0.717, 1.165) is 17.5 Å². The molecule has 0 aliphatic heterocycles. The molecular formula is C16H11FO3S. The number of rotatable bonds is 2. The van der Waals surface area contributed by atoms with Gasteiger partial charge in [-0.15, -0.1) is 0 Å². The van der Waals surface area contributed by atoms with Gasteiger partial charge in [-0.25, -0.2) is 12.8 Å². The average molecular weight is 302 g/mol. The predicted molar refractivity (Wildman–Crippen MR) is 77.5 cm³/mol. The first-order chi connectivity index (χ1) is 9.96. The van der Waals surface area contributed by atoms with Crippen molar-refractivity contribution in [1.82, 2.24) is 0 Å². The molecule has 3 aromatic carbocycles. The average Bonchev–Trinajstić information content (AvgIpc) is 2.47. The van der Waals surface area contributed by atoms with Gasteiger partial charge in [0.1, 0.15) is 11.6 Å². The first-order valence-electron chi connectivity index (χ1n) is 6.20. The maximum Gasteiger partial charge on any atom is 0.206 e. The van der Waals surface area contributed by atoms with Gasteiger partial charge in [0.15, 0.2) is 0 Å². The standard InChI is InChI=1S/C16H11FO3S/c17-13-3-7-15(8-4-13)21(19,20)16-6-2-11-9-14(18)5-1-12(11)10-16/h1-10,18H. The van der Waals surface area contributed by atoms with Gasteiger partial charge in [-0.3, -0.25) is 0 Å². The van der Waals surface area contributed by atoms with Crippen molar-refractivity contribution >= 4 is 20.6 Å². The zero-order valence-electron chi connectivity index (χ0n) is 10.8. The van der Waals surface area contributed by atoms with E-state index in [1.54, 1.807) is 18.2 Å². The molecular weight excluding hydrogens is 291 g/mol. The van der Waals surface area contributed by atoms with Crippen LogP contribution >= 0.6 is 0 Å². The highest BCUT2D eigenvalue weighted by Crippen LogP contribution is 2.26. The molecule has 0 saturated heterocycles. The summed E-state index contributed by atoms with van der Waals surface area (Å²) in [5, 5.41) is 10.9. The van der Waals surface area contributed by atoms with Gasteiger partial charge >= 0.3 is 0 Å². The van der Waals surface area contributed by atoms with E-state index in [1.165, 1.54) is 30.3 Å². The fraction of sp³-hybridized carbons (Fsp3) is 0. The summed E-state index contributed by atoms with van der Waals surface area (Å²) in [5.41, 5.74) is 0. The summed E-state index contributed by atoms with van der Waals surface area (Å²) in [5.74, 6) is -0.362. The van der Waals surface area contributed by atoms with Gasteiger partial charge < -0.3 is 5.11 Å².